The number of nitrogens with one attached hydrogen (secondary N) is 1. The summed E-state index contributed by atoms with van der Waals surface area (Å²) in [6, 6.07) is 7.75. The zero-order valence-electron chi connectivity index (χ0n) is 10.6. The van der Waals surface area contributed by atoms with Crippen LogP contribution in [0.1, 0.15) is 18.9 Å². The van der Waals surface area contributed by atoms with Gasteiger partial charge in [-0.25, -0.2) is 0 Å². The zero-order valence-corrected chi connectivity index (χ0v) is 11.5. The molecule has 0 unspecified atom stereocenters. The maximum absolute atomic E-state index is 11.4. The number of aryl methyl sites for hydroxylation is 1. The fourth-order valence-corrected chi connectivity index (χ4v) is 1.46. The summed E-state index contributed by atoms with van der Waals surface area (Å²) in [6.07, 6.45) is 1.68. The van der Waals surface area contributed by atoms with Crippen molar-refractivity contribution in [3.05, 3.63) is 29.8 Å². The number of hydrogen-bond acceptors (Lipinski definition) is 3. The molecule has 0 aromatic heterocycles. The predicted octanol–water partition coefficient (Wildman–Crippen LogP) is 1.51. The Morgan fingerprint density at radius 1 is 1.39 bits per heavy atom. The second kappa shape index (κ2) is 9.74. The van der Waals surface area contributed by atoms with Gasteiger partial charge in [0.15, 0.2) is 6.61 Å². The quantitative estimate of drug-likeness (QED) is 0.740. The summed E-state index contributed by atoms with van der Waals surface area (Å²) in [5.41, 5.74) is 6.45. The minimum Gasteiger partial charge on any atom is -0.483 e. The smallest absolute Gasteiger partial charge is 0.257 e. The van der Waals surface area contributed by atoms with E-state index in [2.05, 4.69) is 12.2 Å². The third-order valence-corrected chi connectivity index (χ3v) is 2.42. The van der Waals surface area contributed by atoms with Crippen molar-refractivity contribution in [2.45, 2.75) is 19.8 Å². The van der Waals surface area contributed by atoms with E-state index < -0.39 is 0 Å². The molecular weight excluding hydrogens is 252 g/mol. The third-order valence-electron chi connectivity index (χ3n) is 2.42. The number of amides is 1. The van der Waals surface area contributed by atoms with Crippen LogP contribution in [0, 0.1) is 0 Å². The largest absolute Gasteiger partial charge is 0.483 e. The Morgan fingerprint density at radius 3 is 2.78 bits per heavy atom. The highest BCUT2D eigenvalue weighted by Gasteiger charge is 2.04. The lowest BCUT2D eigenvalue weighted by Crippen LogP contribution is -2.30. The Morgan fingerprint density at radius 2 is 2.11 bits per heavy atom. The first kappa shape index (κ1) is 16.7. The number of nitrogens with two attached hydrogens (primary N) is 1. The molecule has 5 heteroatoms. The van der Waals surface area contributed by atoms with E-state index in [1.165, 1.54) is 0 Å². The summed E-state index contributed by atoms with van der Waals surface area (Å²) in [4.78, 5) is 11.4. The second-order valence-electron chi connectivity index (χ2n) is 3.74. The van der Waals surface area contributed by atoms with E-state index >= 15 is 0 Å². The molecule has 1 aromatic rings. The van der Waals surface area contributed by atoms with E-state index in [0.717, 1.165) is 24.2 Å². The number of carbonyl (C=O) groups excluding carboxylic acids is 1. The summed E-state index contributed by atoms with van der Waals surface area (Å²) < 4.78 is 5.48. The molecule has 0 bridgehead atoms. The van der Waals surface area contributed by atoms with Crippen molar-refractivity contribution in [3.8, 4) is 5.75 Å². The standard InChI is InChI=1S/C13H20N2O2.ClH/c1-2-11-6-3-4-7-12(11)17-10-13(16)15-9-5-8-14;/h3-4,6-7H,2,5,8-10,14H2,1H3,(H,15,16);1H. The Bertz CT molecular complexity index is 359. The van der Waals surface area contributed by atoms with E-state index in [1.54, 1.807) is 0 Å². The number of para-hydroxylation sites is 1. The summed E-state index contributed by atoms with van der Waals surface area (Å²) in [5.74, 6) is 0.674. The Labute approximate surface area is 114 Å². The van der Waals surface area contributed by atoms with E-state index in [4.69, 9.17) is 10.5 Å². The molecule has 1 amide bonds. The van der Waals surface area contributed by atoms with E-state index in [0.29, 0.717) is 13.1 Å². The van der Waals surface area contributed by atoms with Crippen LogP contribution in [-0.4, -0.2) is 25.6 Å². The number of rotatable bonds is 7. The first-order valence-corrected chi connectivity index (χ1v) is 5.95. The average Bonchev–Trinajstić information content (AvgIpc) is 2.37. The van der Waals surface area contributed by atoms with Crippen molar-refractivity contribution < 1.29 is 9.53 Å². The lowest BCUT2D eigenvalue weighted by atomic mass is 10.1. The molecule has 0 atom stereocenters. The van der Waals surface area contributed by atoms with Gasteiger partial charge >= 0.3 is 0 Å². The maximum atomic E-state index is 11.4. The zero-order chi connectivity index (χ0) is 12.5. The molecule has 0 saturated carbocycles. The van der Waals surface area contributed by atoms with Crippen molar-refractivity contribution in [3.63, 3.8) is 0 Å². The van der Waals surface area contributed by atoms with Crippen LogP contribution in [0.3, 0.4) is 0 Å². The number of halogens is 1. The molecule has 102 valence electrons. The molecule has 0 heterocycles. The van der Waals surface area contributed by atoms with Gasteiger partial charge in [0, 0.05) is 6.54 Å². The molecule has 0 aliphatic rings. The third kappa shape index (κ3) is 5.89. The second-order valence-corrected chi connectivity index (χ2v) is 3.74. The highest BCUT2D eigenvalue weighted by molar-refractivity contribution is 5.85. The van der Waals surface area contributed by atoms with E-state index in [-0.39, 0.29) is 24.9 Å². The predicted molar refractivity (Wildman–Crippen MR) is 75.2 cm³/mol. The fourth-order valence-electron chi connectivity index (χ4n) is 1.46. The van der Waals surface area contributed by atoms with Crippen molar-refractivity contribution >= 4 is 18.3 Å². The number of carbonyl (C=O) groups is 1. The minimum atomic E-state index is -0.107. The van der Waals surface area contributed by atoms with Crippen molar-refractivity contribution in [1.29, 1.82) is 0 Å². The molecule has 1 rings (SSSR count). The molecule has 3 N–H and O–H groups in total. The Kier molecular flexibility index (Phi) is 9.06. The molecule has 0 saturated heterocycles. The summed E-state index contributed by atoms with van der Waals surface area (Å²) in [5, 5.41) is 2.75. The van der Waals surface area contributed by atoms with E-state index in [9.17, 15) is 4.79 Å². The highest BCUT2D eigenvalue weighted by atomic mass is 35.5. The first-order valence-electron chi connectivity index (χ1n) is 5.95. The molecular formula is C13H21ClN2O2. The van der Waals surface area contributed by atoms with Crippen LogP contribution in [0.2, 0.25) is 0 Å². The topological polar surface area (TPSA) is 64.3 Å². The molecule has 0 radical (unpaired) electrons. The number of hydrogen-bond donors (Lipinski definition) is 2. The maximum Gasteiger partial charge on any atom is 0.257 e. The van der Waals surface area contributed by atoms with Gasteiger partial charge in [0.2, 0.25) is 0 Å². The summed E-state index contributed by atoms with van der Waals surface area (Å²) in [6.45, 7) is 3.30. The normalized spacial score (nSPS) is 9.44. The first-order chi connectivity index (χ1) is 8.27. The van der Waals surface area contributed by atoms with E-state index in [1.807, 2.05) is 24.3 Å². The minimum absolute atomic E-state index is 0. The van der Waals surface area contributed by atoms with Crippen molar-refractivity contribution in [1.82, 2.24) is 5.32 Å². The van der Waals surface area contributed by atoms with Gasteiger partial charge in [-0.05, 0) is 31.0 Å². The average molecular weight is 273 g/mol. The summed E-state index contributed by atoms with van der Waals surface area (Å²) in [7, 11) is 0. The molecule has 0 aliphatic carbocycles. The SMILES string of the molecule is CCc1ccccc1OCC(=O)NCCCN.Cl. The van der Waals surface area contributed by atoms with Crippen LogP contribution in [0.15, 0.2) is 24.3 Å². The monoisotopic (exact) mass is 272 g/mol. The molecule has 0 fully saturated rings. The lowest BCUT2D eigenvalue weighted by Gasteiger charge is -2.10. The van der Waals surface area contributed by atoms with Gasteiger partial charge in [0.1, 0.15) is 5.75 Å². The fraction of sp³-hybridized carbons (Fsp3) is 0.462. The lowest BCUT2D eigenvalue weighted by molar-refractivity contribution is -0.123. The molecule has 4 nitrogen and oxygen atoms in total. The van der Waals surface area contributed by atoms with Crippen LogP contribution in [0.4, 0.5) is 0 Å². The van der Waals surface area contributed by atoms with Crippen LogP contribution in [-0.2, 0) is 11.2 Å². The van der Waals surface area contributed by atoms with Gasteiger partial charge in [0.25, 0.3) is 5.91 Å². The van der Waals surface area contributed by atoms with Crippen molar-refractivity contribution in [2.24, 2.45) is 5.73 Å². The Hall–Kier alpha value is -1.26. The van der Waals surface area contributed by atoms with Gasteiger partial charge in [-0.1, -0.05) is 25.1 Å². The van der Waals surface area contributed by atoms with Crippen LogP contribution in [0.5, 0.6) is 5.75 Å². The molecule has 0 aliphatic heterocycles. The number of benzene rings is 1. The van der Waals surface area contributed by atoms with Gasteiger partial charge < -0.3 is 15.8 Å². The summed E-state index contributed by atoms with van der Waals surface area (Å²) >= 11 is 0. The van der Waals surface area contributed by atoms with Gasteiger partial charge in [-0.2, -0.15) is 0 Å². The number of ether oxygens (including phenoxy) is 1. The van der Waals surface area contributed by atoms with Gasteiger partial charge in [-0.15, -0.1) is 12.4 Å². The van der Waals surface area contributed by atoms with Gasteiger partial charge in [-0.3, -0.25) is 4.79 Å². The molecule has 1 aromatic carbocycles. The Balaban J connectivity index is 0.00000289. The molecule has 0 spiro atoms. The molecule has 18 heavy (non-hydrogen) atoms. The van der Waals surface area contributed by atoms with Gasteiger partial charge in [0.05, 0.1) is 0 Å². The highest BCUT2D eigenvalue weighted by Crippen LogP contribution is 2.17. The van der Waals surface area contributed by atoms with Crippen molar-refractivity contribution in [2.75, 3.05) is 19.7 Å². The van der Waals surface area contributed by atoms with Crippen LogP contribution in [0.25, 0.3) is 0 Å². The van der Waals surface area contributed by atoms with Crippen LogP contribution < -0.4 is 15.8 Å². The van der Waals surface area contributed by atoms with Crippen LogP contribution >= 0.6 is 12.4 Å².